The van der Waals surface area contributed by atoms with Crippen molar-refractivity contribution in [3.05, 3.63) is 95.8 Å². The van der Waals surface area contributed by atoms with Crippen LogP contribution < -0.4 is 9.62 Å². The average Bonchev–Trinajstić information content (AvgIpc) is 2.89. The fourth-order valence-corrected chi connectivity index (χ4v) is 5.33. The number of amides is 2. The summed E-state index contributed by atoms with van der Waals surface area (Å²) in [4.78, 5) is 28.2. The van der Waals surface area contributed by atoms with E-state index in [1.807, 2.05) is 45.0 Å². The van der Waals surface area contributed by atoms with E-state index in [0.29, 0.717) is 6.54 Å². The third-order valence-corrected chi connectivity index (χ3v) is 7.80. The molecule has 3 aromatic carbocycles. The fourth-order valence-electron chi connectivity index (χ4n) is 3.90. The maximum atomic E-state index is 13.8. The number of halogens is 1. The van der Waals surface area contributed by atoms with Crippen molar-refractivity contribution in [2.75, 3.05) is 17.4 Å². The zero-order valence-electron chi connectivity index (χ0n) is 22.1. The Bertz CT molecular complexity index is 1350. The van der Waals surface area contributed by atoms with Gasteiger partial charge >= 0.3 is 0 Å². The van der Waals surface area contributed by atoms with Gasteiger partial charge < -0.3 is 10.2 Å². The van der Waals surface area contributed by atoms with Gasteiger partial charge in [0.2, 0.25) is 11.8 Å². The van der Waals surface area contributed by atoms with E-state index < -0.39 is 34.3 Å². The van der Waals surface area contributed by atoms with Crippen LogP contribution in [0, 0.1) is 18.7 Å². The lowest BCUT2D eigenvalue weighted by molar-refractivity contribution is -0.139. The Labute approximate surface area is 224 Å². The molecule has 0 spiro atoms. The summed E-state index contributed by atoms with van der Waals surface area (Å²) in [6, 6.07) is 19.3. The molecule has 38 heavy (non-hydrogen) atoms. The summed E-state index contributed by atoms with van der Waals surface area (Å²) in [6.07, 6.45) is 0. The summed E-state index contributed by atoms with van der Waals surface area (Å²) >= 11 is 0. The van der Waals surface area contributed by atoms with Gasteiger partial charge in [0.15, 0.2) is 0 Å². The normalized spacial score (nSPS) is 12.2. The Morgan fingerprint density at radius 2 is 1.58 bits per heavy atom. The molecule has 9 heteroatoms. The molecule has 0 aromatic heterocycles. The van der Waals surface area contributed by atoms with Gasteiger partial charge in [-0.2, -0.15) is 0 Å². The molecule has 3 aromatic rings. The van der Waals surface area contributed by atoms with Crippen molar-refractivity contribution < 1.29 is 22.4 Å². The van der Waals surface area contributed by atoms with Gasteiger partial charge in [-0.3, -0.25) is 13.9 Å². The summed E-state index contributed by atoms with van der Waals surface area (Å²) in [7, 11) is -4.18. The molecule has 0 aliphatic rings. The number of benzene rings is 3. The van der Waals surface area contributed by atoms with Crippen LogP contribution in [-0.2, 0) is 26.2 Å². The number of hydrogen-bond acceptors (Lipinski definition) is 4. The highest BCUT2D eigenvalue weighted by molar-refractivity contribution is 7.92. The topological polar surface area (TPSA) is 86.8 Å². The summed E-state index contributed by atoms with van der Waals surface area (Å²) in [5, 5.41) is 2.86. The van der Waals surface area contributed by atoms with E-state index in [9.17, 15) is 22.4 Å². The van der Waals surface area contributed by atoms with Crippen molar-refractivity contribution in [3.63, 3.8) is 0 Å². The van der Waals surface area contributed by atoms with Crippen LogP contribution in [0.15, 0.2) is 83.8 Å². The lowest BCUT2D eigenvalue weighted by Gasteiger charge is -2.32. The van der Waals surface area contributed by atoms with Gasteiger partial charge in [0.1, 0.15) is 18.4 Å². The van der Waals surface area contributed by atoms with Gasteiger partial charge in [0.05, 0.1) is 10.6 Å². The first-order chi connectivity index (χ1) is 18.0. The maximum Gasteiger partial charge on any atom is 0.264 e. The summed E-state index contributed by atoms with van der Waals surface area (Å²) < 4.78 is 41.9. The SMILES string of the molecule is Cc1cccc(CN(C(=O)CN(c2ccc(F)cc2)S(=O)(=O)c2ccccc2)C(C)C(=O)NCC(C)C)c1. The third kappa shape index (κ3) is 7.41. The van der Waals surface area contributed by atoms with E-state index in [-0.39, 0.29) is 29.0 Å². The average molecular weight is 540 g/mol. The second-order valence-corrected chi connectivity index (χ2v) is 11.5. The maximum absolute atomic E-state index is 13.8. The zero-order chi connectivity index (χ0) is 27.9. The molecule has 0 saturated carbocycles. The monoisotopic (exact) mass is 539 g/mol. The van der Waals surface area contributed by atoms with Crippen LogP contribution in [0.2, 0.25) is 0 Å². The van der Waals surface area contributed by atoms with Crippen LogP contribution in [0.4, 0.5) is 10.1 Å². The van der Waals surface area contributed by atoms with Crippen LogP contribution in [0.25, 0.3) is 0 Å². The van der Waals surface area contributed by atoms with E-state index in [4.69, 9.17) is 0 Å². The molecule has 3 rings (SSSR count). The standard InChI is InChI=1S/C29H34FN3O4S/c1-21(2)18-31-29(35)23(4)32(19-24-10-8-9-22(3)17-24)28(34)20-33(26-15-13-25(30)14-16-26)38(36,37)27-11-6-5-7-12-27/h5-17,21,23H,18-20H2,1-4H3,(H,31,35). The summed E-state index contributed by atoms with van der Waals surface area (Å²) in [5.74, 6) is -1.22. The second kappa shape index (κ2) is 12.7. The van der Waals surface area contributed by atoms with E-state index in [1.165, 1.54) is 29.2 Å². The molecule has 0 aliphatic carbocycles. The number of nitrogens with one attached hydrogen (secondary N) is 1. The van der Waals surface area contributed by atoms with Gasteiger partial charge in [0, 0.05) is 13.1 Å². The predicted molar refractivity (Wildman–Crippen MR) is 146 cm³/mol. The molecular weight excluding hydrogens is 505 g/mol. The van der Waals surface area contributed by atoms with Gasteiger partial charge in [-0.05, 0) is 61.7 Å². The molecule has 0 fully saturated rings. The molecule has 0 bridgehead atoms. The highest BCUT2D eigenvalue weighted by Crippen LogP contribution is 2.25. The number of hydrogen-bond donors (Lipinski definition) is 1. The molecule has 7 nitrogen and oxygen atoms in total. The second-order valence-electron chi connectivity index (χ2n) is 9.63. The molecule has 1 atom stereocenters. The number of nitrogens with zero attached hydrogens (tertiary/aromatic N) is 2. The minimum atomic E-state index is -4.18. The number of rotatable bonds is 11. The lowest BCUT2D eigenvalue weighted by atomic mass is 10.1. The summed E-state index contributed by atoms with van der Waals surface area (Å²) in [5.41, 5.74) is 1.93. The number of sulfonamides is 1. The van der Waals surface area contributed by atoms with E-state index in [0.717, 1.165) is 27.6 Å². The van der Waals surface area contributed by atoms with Crippen molar-refractivity contribution in [1.29, 1.82) is 0 Å². The highest BCUT2D eigenvalue weighted by Gasteiger charge is 2.32. The number of aryl methyl sites for hydroxylation is 1. The molecule has 0 heterocycles. The van der Waals surface area contributed by atoms with Crippen LogP contribution in [-0.4, -0.2) is 44.3 Å². The molecule has 202 valence electrons. The first kappa shape index (κ1) is 28.8. The minimum absolute atomic E-state index is 0.00918. The quantitative estimate of drug-likeness (QED) is 0.388. The van der Waals surface area contributed by atoms with Crippen molar-refractivity contribution in [1.82, 2.24) is 10.2 Å². The molecular formula is C29H34FN3O4S. The van der Waals surface area contributed by atoms with Crippen LogP contribution in [0.3, 0.4) is 0 Å². The Morgan fingerprint density at radius 1 is 0.921 bits per heavy atom. The third-order valence-electron chi connectivity index (χ3n) is 6.01. The van der Waals surface area contributed by atoms with Crippen molar-refractivity contribution in [3.8, 4) is 0 Å². The number of carbonyl (C=O) groups excluding carboxylic acids is 2. The number of carbonyl (C=O) groups is 2. The van der Waals surface area contributed by atoms with Crippen LogP contribution in [0.1, 0.15) is 31.9 Å². The fraction of sp³-hybridized carbons (Fsp3) is 0.310. The molecule has 0 saturated heterocycles. The van der Waals surface area contributed by atoms with Crippen molar-refractivity contribution >= 4 is 27.5 Å². The van der Waals surface area contributed by atoms with Gasteiger partial charge in [0.25, 0.3) is 10.0 Å². The van der Waals surface area contributed by atoms with Gasteiger partial charge in [-0.1, -0.05) is 61.9 Å². The molecule has 2 amide bonds. The Morgan fingerprint density at radius 3 is 2.18 bits per heavy atom. The van der Waals surface area contributed by atoms with Crippen molar-refractivity contribution in [2.45, 2.75) is 45.2 Å². The summed E-state index contributed by atoms with van der Waals surface area (Å²) in [6.45, 7) is 7.47. The molecule has 0 radical (unpaired) electrons. The highest BCUT2D eigenvalue weighted by atomic mass is 32.2. The lowest BCUT2D eigenvalue weighted by Crippen LogP contribution is -2.51. The Hall–Kier alpha value is -3.72. The first-order valence-corrected chi connectivity index (χ1v) is 13.9. The number of anilines is 1. The Kier molecular flexibility index (Phi) is 9.63. The van der Waals surface area contributed by atoms with E-state index >= 15 is 0 Å². The van der Waals surface area contributed by atoms with Crippen molar-refractivity contribution in [2.24, 2.45) is 5.92 Å². The van der Waals surface area contributed by atoms with Crippen LogP contribution >= 0.6 is 0 Å². The molecule has 1 unspecified atom stereocenters. The van der Waals surface area contributed by atoms with Crippen LogP contribution in [0.5, 0.6) is 0 Å². The smallest absolute Gasteiger partial charge is 0.264 e. The molecule has 1 N–H and O–H groups in total. The predicted octanol–water partition coefficient (Wildman–Crippen LogP) is 4.52. The van der Waals surface area contributed by atoms with E-state index in [2.05, 4.69) is 5.32 Å². The Balaban J connectivity index is 1.99. The van der Waals surface area contributed by atoms with Gasteiger partial charge in [-0.15, -0.1) is 0 Å². The zero-order valence-corrected chi connectivity index (χ0v) is 22.9. The largest absolute Gasteiger partial charge is 0.354 e. The minimum Gasteiger partial charge on any atom is -0.354 e. The van der Waals surface area contributed by atoms with Gasteiger partial charge in [-0.25, -0.2) is 12.8 Å². The molecule has 0 aliphatic heterocycles. The first-order valence-electron chi connectivity index (χ1n) is 12.4. The van der Waals surface area contributed by atoms with E-state index in [1.54, 1.807) is 25.1 Å².